The predicted octanol–water partition coefficient (Wildman–Crippen LogP) is 1.42. The van der Waals surface area contributed by atoms with Gasteiger partial charge in [0.1, 0.15) is 35.4 Å². The lowest BCUT2D eigenvalue weighted by Crippen LogP contribution is -2.65. The molecule has 2 rings (SSSR count). The molecule has 14 heteroatoms. The second-order valence-electron chi connectivity index (χ2n) is 10.4. The van der Waals surface area contributed by atoms with Gasteiger partial charge >= 0.3 is 36.1 Å². The van der Waals surface area contributed by atoms with Crippen molar-refractivity contribution in [2.75, 3.05) is 28.4 Å². The zero-order valence-corrected chi connectivity index (χ0v) is 23.5. The minimum absolute atomic E-state index is 0.179. The number of hydrogen-bond acceptors (Lipinski definition) is 12. The zero-order chi connectivity index (χ0) is 29.6. The van der Waals surface area contributed by atoms with Crippen LogP contribution in [-0.4, -0.2) is 110 Å². The highest BCUT2D eigenvalue weighted by Gasteiger charge is 2.53. The average molecular weight is 547 g/mol. The van der Waals surface area contributed by atoms with E-state index in [9.17, 15) is 28.8 Å². The average Bonchev–Trinajstić information content (AvgIpc) is 2.74. The number of esters is 4. The molecule has 2 aliphatic rings. The summed E-state index contributed by atoms with van der Waals surface area (Å²) >= 11 is 0. The molecule has 0 N–H and O–H groups in total. The van der Waals surface area contributed by atoms with Gasteiger partial charge in [0.05, 0.1) is 28.4 Å². The molecule has 2 aliphatic heterocycles. The van der Waals surface area contributed by atoms with E-state index in [0.717, 1.165) is 9.80 Å². The van der Waals surface area contributed by atoms with E-state index >= 15 is 0 Å². The molecular weight excluding hydrogens is 508 g/mol. The Morgan fingerprint density at radius 1 is 0.500 bits per heavy atom. The molecule has 0 saturated carbocycles. The number of ether oxygens (including phenoxy) is 6. The van der Waals surface area contributed by atoms with Gasteiger partial charge in [-0.3, -0.25) is 9.80 Å². The first kappa shape index (κ1) is 32.4. The van der Waals surface area contributed by atoms with E-state index in [1.807, 2.05) is 0 Å². The van der Waals surface area contributed by atoms with Crippen LogP contribution < -0.4 is 0 Å². The number of likely N-dealkylation sites (tertiary alicyclic amines) is 2. The van der Waals surface area contributed by atoms with E-state index in [2.05, 4.69) is 18.9 Å². The first-order chi connectivity index (χ1) is 17.4. The van der Waals surface area contributed by atoms with E-state index in [-0.39, 0.29) is 12.8 Å². The highest BCUT2D eigenvalue weighted by atomic mass is 16.6. The van der Waals surface area contributed by atoms with Gasteiger partial charge in [0.2, 0.25) is 0 Å². The lowest BCUT2D eigenvalue weighted by Gasteiger charge is -2.44. The SMILES string of the molecule is COC(=O)[C@H]1C[C@@H](C(=O)OC)N1C(=O)OC(C)(C)C.COC(=O)[C@H]1C[C@@H](C(=O)OC)N1C(=O)OC(C)(C)C. The maximum absolute atomic E-state index is 12.0. The summed E-state index contributed by atoms with van der Waals surface area (Å²) < 4.78 is 28.7. The fourth-order valence-corrected chi connectivity index (χ4v) is 3.56. The van der Waals surface area contributed by atoms with Crippen molar-refractivity contribution in [1.82, 2.24) is 9.80 Å². The number of rotatable bonds is 4. The summed E-state index contributed by atoms with van der Waals surface area (Å²) in [7, 11) is 4.89. The first-order valence-corrected chi connectivity index (χ1v) is 11.8. The lowest BCUT2D eigenvalue weighted by atomic mass is 9.93. The van der Waals surface area contributed by atoms with Crippen LogP contribution in [0.4, 0.5) is 9.59 Å². The van der Waals surface area contributed by atoms with Crippen molar-refractivity contribution in [3.63, 3.8) is 0 Å². The first-order valence-electron chi connectivity index (χ1n) is 11.8. The highest BCUT2D eigenvalue weighted by Crippen LogP contribution is 2.31. The molecule has 14 nitrogen and oxygen atoms in total. The molecule has 0 unspecified atom stereocenters. The van der Waals surface area contributed by atoms with Crippen molar-refractivity contribution in [3.8, 4) is 0 Å². The Morgan fingerprint density at radius 2 is 0.711 bits per heavy atom. The van der Waals surface area contributed by atoms with E-state index in [0.29, 0.717) is 0 Å². The quantitative estimate of drug-likeness (QED) is 0.368. The molecular formula is C24H38N2O12. The van der Waals surface area contributed by atoms with E-state index in [4.69, 9.17) is 9.47 Å². The summed E-state index contributed by atoms with van der Waals surface area (Å²) in [6.07, 6.45) is -1.11. The van der Waals surface area contributed by atoms with Crippen LogP contribution >= 0.6 is 0 Å². The maximum atomic E-state index is 12.0. The Labute approximate surface area is 221 Å². The molecule has 0 bridgehead atoms. The molecule has 0 aromatic heterocycles. The van der Waals surface area contributed by atoms with Crippen LogP contribution in [0.2, 0.25) is 0 Å². The number of carbonyl (C=O) groups excluding carboxylic acids is 6. The van der Waals surface area contributed by atoms with Crippen molar-refractivity contribution in [1.29, 1.82) is 0 Å². The van der Waals surface area contributed by atoms with Gasteiger partial charge in [-0.15, -0.1) is 0 Å². The lowest BCUT2D eigenvalue weighted by molar-refractivity contribution is -0.167. The summed E-state index contributed by atoms with van der Waals surface area (Å²) in [4.78, 5) is 72.1. The Hall–Kier alpha value is -3.58. The molecule has 2 saturated heterocycles. The number of amides is 2. The van der Waals surface area contributed by atoms with Crippen LogP contribution in [0.25, 0.3) is 0 Å². The third-order valence-corrected chi connectivity index (χ3v) is 5.34. The van der Waals surface area contributed by atoms with Crippen molar-refractivity contribution in [2.24, 2.45) is 0 Å². The molecule has 0 radical (unpaired) electrons. The highest BCUT2D eigenvalue weighted by molar-refractivity contribution is 5.91. The van der Waals surface area contributed by atoms with Crippen molar-refractivity contribution in [3.05, 3.63) is 0 Å². The molecule has 216 valence electrons. The second-order valence-corrected chi connectivity index (χ2v) is 10.4. The monoisotopic (exact) mass is 546 g/mol. The molecule has 38 heavy (non-hydrogen) atoms. The number of methoxy groups -OCH3 is 4. The molecule has 0 aromatic rings. The fourth-order valence-electron chi connectivity index (χ4n) is 3.56. The largest absolute Gasteiger partial charge is 0.467 e. The van der Waals surface area contributed by atoms with E-state index < -0.39 is 71.4 Å². The standard InChI is InChI=1S/2C12H19NO6/c2*1-12(2,3)19-11(16)13-7(9(14)17-4)6-8(13)10(15)18-5/h2*7-8H,6H2,1-5H3/t2*7-,8+. The summed E-state index contributed by atoms with van der Waals surface area (Å²) in [6, 6.07) is -3.21. The maximum Gasteiger partial charge on any atom is 0.411 e. The molecule has 0 aromatic carbocycles. The summed E-state index contributed by atoms with van der Waals surface area (Å²) in [5.41, 5.74) is -1.43. The van der Waals surface area contributed by atoms with Gasteiger partial charge in [-0.25, -0.2) is 28.8 Å². The topological polar surface area (TPSA) is 164 Å². The Bertz CT molecular complexity index is 802. The minimum atomic E-state index is -0.802. The summed E-state index contributed by atoms with van der Waals surface area (Å²) in [5, 5.41) is 0. The zero-order valence-electron chi connectivity index (χ0n) is 23.5. The predicted molar refractivity (Wildman–Crippen MR) is 129 cm³/mol. The number of nitrogens with zero attached hydrogens (tertiary/aromatic N) is 2. The third-order valence-electron chi connectivity index (χ3n) is 5.34. The number of hydrogen-bond donors (Lipinski definition) is 0. The molecule has 2 amide bonds. The molecule has 2 heterocycles. The van der Waals surface area contributed by atoms with Crippen molar-refractivity contribution >= 4 is 36.1 Å². The van der Waals surface area contributed by atoms with E-state index in [1.54, 1.807) is 41.5 Å². The van der Waals surface area contributed by atoms with Gasteiger partial charge in [-0.2, -0.15) is 0 Å². The Balaban J connectivity index is 0.000000380. The van der Waals surface area contributed by atoms with Gasteiger partial charge in [0.25, 0.3) is 0 Å². The van der Waals surface area contributed by atoms with E-state index in [1.165, 1.54) is 28.4 Å². The summed E-state index contributed by atoms with van der Waals surface area (Å²) in [6.45, 7) is 10.2. The molecule has 4 atom stereocenters. The van der Waals surface area contributed by atoms with Crippen LogP contribution in [0.1, 0.15) is 54.4 Å². The van der Waals surface area contributed by atoms with Crippen LogP contribution in [0.3, 0.4) is 0 Å². The fraction of sp³-hybridized carbons (Fsp3) is 0.750. The van der Waals surface area contributed by atoms with Gasteiger partial charge in [0, 0.05) is 12.8 Å². The number of carbonyl (C=O) groups is 6. The summed E-state index contributed by atoms with van der Waals surface area (Å²) in [5.74, 6) is -2.31. The Kier molecular flexibility index (Phi) is 10.9. The van der Waals surface area contributed by atoms with Gasteiger partial charge in [0.15, 0.2) is 0 Å². The molecule has 0 spiro atoms. The smallest absolute Gasteiger partial charge is 0.411 e. The van der Waals surface area contributed by atoms with Crippen molar-refractivity contribution in [2.45, 2.75) is 89.8 Å². The third kappa shape index (κ3) is 8.21. The van der Waals surface area contributed by atoms with Crippen LogP contribution in [-0.2, 0) is 47.6 Å². The molecule has 0 aliphatic carbocycles. The second kappa shape index (κ2) is 12.8. The van der Waals surface area contributed by atoms with Gasteiger partial charge in [-0.1, -0.05) is 0 Å². The van der Waals surface area contributed by atoms with Crippen LogP contribution in [0.15, 0.2) is 0 Å². The Morgan fingerprint density at radius 3 is 0.868 bits per heavy atom. The van der Waals surface area contributed by atoms with Crippen LogP contribution in [0.5, 0.6) is 0 Å². The van der Waals surface area contributed by atoms with Crippen LogP contribution in [0, 0.1) is 0 Å². The van der Waals surface area contributed by atoms with Gasteiger partial charge < -0.3 is 28.4 Å². The normalized spacial score (nSPS) is 22.3. The van der Waals surface area contributed by atoms with Gasteiger partial charge in [-0.05, 0) is 41.5 Å². The van der Waals surface area contributed by atoms with Crippen molar-refractivity contribution < 1.29 is 57.2 Å². The molecule has 2 fully saturated rings. The minimum Gasteiger partial charge on any atom is -0.467 e.